The molecule has 2 aromatic rings. The second-order valence-corrected chi connectivity index (χ2v) is 7.36. The Bertz CT molecular complexity index is 846. The van der Waals surface area contributed by atoms with Crippen molar-refractivity contribution in [3.8, 4) is 11.5 Å². The molecule has 2 aromatic carbocycles. The second kappa shape index (κ2) is 10.6. The molecule has 2 amide bonds. The highest BCUT2D eigenvalue weighted by atomic mass is 16.5. The van der Waals surface area contributed by atoms with Gasteiger partial charge < -0.3 is 20.1 Å². The van der Waals surface area contributed by atoms with E-state index in [0.29, 0.717) is 24.5 Å². The summed E-state index contributed by atoms with van der Waals surface area (Å²) in [6.45, 7) is 2.28. The van der Waals surface area contributed by atoms with Gasteiger partial charge in [0.25, 0.3) is 0 Å². The molecular formula is C23H29N3O4. The van der Waals surface area contributed by atoms with Crippen LogP contribution in [0.1, 0.15) is 18.4 Å². The SMILES string of the molecule is COc1ccc(CNC(=O)CN2CCC(C(=O)Nc3ccccc3OC)CC2)cc1. The maximum atomic E-state index is 12.6. The van der Waals surface area contributed by atoms with Gasteiger partial charge in [0.15, 0.2) is 0 Å². The molecule has 0 unspecified atom stereocenters. The van der Waals surface area contributed by atoms with Crippen molar-refractivity contribution in [3.63, 3.8) is 0 Å². The molecule has 0 bridgehead atoms. The predicted molar refractivity (Wildman–Crippen MR) is 116 cm³/mol. The number of nitrogens with zero attached hydrogens (tertiary/aromatic N) is 1. The van der Waals surface area contributed by atoms with Crippen LogP contribution in [0.2, 0.25) is 0 Å². The molecule has 1 aliphatic heterocycles. The Balaban J connectivity index is 1.40. The van der Waals surface area contributed by atoms with Gasteiger partial charge in [-0.3, -0.25) is 14.5 Å². The molecule has 0 atom stereocenters. The molecule has 3 rings (SSSR count). The lowest BCUT2D eigenvalue weighted by atomic mass is 9.95. The molecule has 1 saturated heterocycles. The number of nitrogens with one attached hydrogen (secondary N) is 2. The van der Waals surface area contributed by atoms with Crippen LogP contribution in [0.3, 0.4) is 0 Å². The molecule has 2 N–H and O–H groups in total. The normalized spacial score (nSPS) is 14.7. The number of carbonyl (C=O) groups is 2. The fourth-order valence-corrected chi connectivity index (χ4v) is 3.54. The Kier molecular flexibility index (Phi) is 7.68. The lowest BCUT2D eigenvalue weighted by molar-refractivity contribution is -0.123. The fraction of sp³-hybridized carbons (Fsp3) is 0.391. The summed E-state index contributed by atoms with van der Waals surface area (Å²) in [6.07, 6.45) is 1.46. The summed E-state index contributed by atoms with van der Waals surface area (Å²) in [4.78, 5) is 27.0. The van der Waals surface area contributed by atoms with Crippen LogP contribution in [0.4, 0.5) is 5.69 Å². The Morgan fingerprint density at radius 2 is 1.70 bits per heavy atom. The largest absolute Gasteiger partial charge is 0.497 e. The first-order valence-corrected chi connectivity index (χ1v) is 10.1. The van der Waals surface area contributed by atoms with E-state index in [1.807, 2.05) is 48.5 Å². The molecule has 160 valence electrons. The van der Waals surface area contributed by atoms with E-state index in [2.05, 4.69) is 15.5 Å². The zero-order valence-electron chi connectivity index (χ0n) is 17.5. The first-order chi connectivity index (χ1) is 14.6. The molecule has 0 spiro atoms. The number of piperidine rings is 1. The van der Waals surface area contributed by atoms with Crippen molar-refractivity contribution in [2.45, 2.75) is 19.4 Å². The van der Waals surface area contributed by atoms with Crippen molar-refractivity contribution in [2.24, 2.45) is 5.92 Å². The maximum absolute atomic E-state index is 12.6. The second-order valence-electron chi connectivity index (χ2n) is 7.36. The van der Waals surface area contributed by atoms with Crippen LogP contribution in [0.25, 0.3) is 0 Å². The molecule has 0 saturated carbocycles. The van der Waals surface area contributed by atoms with Gasteiger partial charge in [-0.2, -0.15) is 0 Å². The number of hydrogen-bond donors (Lipinski definition) is 2. The number of likely N-dealkylation sites (tertiary alicyclic amines) is 1. The molecule has 1 aliphatic rings. The third-order valence-electron chi connectivity index (χ3n) is 5.34. The number of benzene rings is 2. The molecule has 0 aromatic heterocycles. The minimum absolute atomic E-state index is 0.00288. The topological polar surface area (TPSA) is 79.9 Å². The standard InChI is InChI=1S/C23H29N3O4/c1-29-19-9-7-17(8-10-19)15-24-22(27)16-26-13-11-18(12-14-26)23(28)25-20-5-3-4-6-21(20)30-2/h3-10,18H,11-16H2,1-2H3,(H,24,27)(H,25,28). The first kappa shape index (κ1) is 21.6. The zero-order chi connectivity index (χ0) is 21.3. The lowest BCUT2D eigenvalue weighted by Crippen LogP contribution is -2.43. The average Bonchev–Trinajstić information content (AvgIpc) is 2.79. The van der Waals surface area contributed by atoms with Crippen LogP contribution in [0, 0.1) is 5.92 Å². The predicted octanol–water partition coefficient (Wildman–Crippen LogP) is 2.67. The van der Waals surface area contributed by atoms with Gasteiger partial charge in [-0.1, -0.05) is 24.3 Å². The van der Waals surface area contributed by atoms with Gasteiger partial charge in [0.2, 0.25) is 11.8 Å². The Morgan fingerprint density at radius 3 is 2.37 bits per heavy atom. The molecule has 30 heavy (non-hydrogen) atoms. The molecule has 0 aliphatic carbocycles. The number of carbonyl (C=O) groups excluding carboxylic acids is 2. The summed E-state index contributed by atoms with van der Waals surface area (Å²) in [5.41, 5.74) is 1.71. The Labute approximate surface area is 177 Å². The minimum Gasteiger partial charge on any atom is -0.497 e. The Morgan fingerprint density at radius 1 is 1.00 bits per heavy atom. The highest BCUT2D eigenvalue weighted by Crippen LogP contribution is 2.25. The van der Waals surface area contributed by atoms with Gasteiger partial charge in [-0.25, -0.2) is 0 Å². The van der Waals surface area contributed by atoms with Crippen molar-refractivity contribution < 1.29 is 19.1 Å². The van der Waals surface area contributed by atoms with Crippen molar-refractivity contribution in [1.29, 1.82) is 0 Å². The average molecular weight is 412 g/mol. The van der Waals surface area contributed by atoms with E-state index >= 15 is 0 Å². The van der Waals surface area contributed by atoms with Crippen LogP contribution >= 0.6 is 0 Å². The highest BCUT2D eigenvalue weighted by molar-refractivity contribution is 5.94. The fourth-order valence-electron chi connectivity index (χ4n) is 3.54. The third kappa shape index (κ3) is 5.97. The van der Waals surface area contributed by atoms with Gasteiger partial charge in [0.1, 0.15) is 11.5 Å². The highest BCUT2D eigenvalue weighted by Gasteiger charge is 2.26. The molecule has 0 radical (unpaired) electrons. The molecule has 7 heteroatoms. The van der Waals surface area contributed by atoms with E-state index in [-0.39, 0.29) is 17.7 Å². The summed E-state index contributed by atoms with van der Waals surface area (Å²) in [5.74, 6) is 1.37. The number of anilines is 1. The summed E-state index contributed by atoms with van der Waals surface area (Å²) >= 11 is 0. The van der Waals surface area contributed by atoms with Crippen LogP contribution in [0.5, 0.6) is 11.5 Å². The molecule has 7 nitrogen and oxygen atoms in total. The quantitative estimate of drug-likeness (QED) is 0.698. The molecular weight excluding hydrogens is 382 g/mol. The smallest absolute Gasteiger partial charge is 0.234 e. The first-order valence-electron chi connectivity index (χ1n) is 10.1. The molecule has 1 heterocycles. The van der Waals surface area contributed by atoms with Crippen molar-refractivity contribution in [2.75, 3.05) is 39.2 Å². The number of ether oxygens (including phenoxy) is 2. The van der Waals surface area contributed by atoms with Gasteiger partial charge in [-0.15, -0.1) is 0 Å². The van der Waals surface area contributed by atoms with Crippen molar-refractivity contribution in [1.82, 2.24) is 10.2 Å². The summed E-state index contributed by atoms with van der Waals surface area (Å²) < 4.78 is 10.4. The van der Waals surface area contributed by atoms with Crippen molar-refractivity contribution in [3.05, 3.63) is 54.1 Å². The summed E-state index contributed by atoms with van der Waals surface area (Å²) in [5, 5.41) is 5.91. The van der Waals surface area contributed by atoms with Crippen LogP contribution in [0.15, 0.2) is 48.5 Å². The third-order valence-corrected chi connectivity index (χ3v) is 5.34. The van der Waals surface area contributed by atoms with Crippen LogP contribution in [-0.2, 0) is 16.1 Å². The van der Waals surface area contributed by atoms with Crippen LogP contribution in [-0.4, -0.2) is 50.6 Å². The van der Waals surface area contributed by atoms with E-state index in [9.17, 15) is 9.59 Å². The number of para-hydroxylation sites is 2. The van der Waals surface area contributed by atoms with Gasteiger partial charge in [0.05, 0.1) is 26.5 Å². The summed E-state index contributed by atoms with van der Waals surface area (Å²) in [6, 6.07) is 15.0. The number of rotatable bonds is 8. The lowest BCUT2D eigenvalue weighted by Gasteiger charge is -2.30. The maximum Gasteiger partial charge on any atom is 0.234 e. The van der Waals surface area contributed by atoms with E-state index < -0.39 is 0 Å². The Hall–Kier alpha value is -3.06. The van der Waals surface area contributed by atoms with Crippen molar-refractivity contribution >= 4 is 17.5 Å². The molecule has 1 fully saturated rings. The number of amides is 2. The van der Waals surface area contributed by atoms with E-state index in [4.69, 9.17) is 9.47 Å². The van der Waals surface area contributed by atoms with Crippen LogP contribution < -0.4 is 20.1 Å². The van der Waals surface area contributed by atoms with Gasteiger partial charge in [0, 0.05) is 12.5 Å². The van der Waals surface area contributed by atoms with Gasteiger partial charge in [-0.05, 0) is 55.8 Å². The van der Waals surface area contributed by atoms with E-state index in [1.54, 1.807) is 14.2 Å². The monoisotopic (exact) mass is 411 g/mol. The zero-order valence-corrected chi connectivity index (χ0v) is 17.5. The number of methoxy groups -OCH3 is 2. The van der Waals surface area contributed by atoms with E-state index in [0.717, 1.165) is 37.2 Å². The minimum atomic E-state index is -0.0616. The number of hydrogen-bond acceptors (Lipinski definition) is 5. The van der Waals surface area contributed by atoms with E-state index in [1.165, 1.54) is 0 Å². The van der Waals surface area contributed by atoms with Gasteiger partial charge >= 0.3 is 0 Å². The summed E-state index contributed by atoms with van der Waals surface area (Å²) in [7, 11) is 3.21.